The number of nitrogens with one attached hydrogen (secondary N) is 2. The summed E-state index contributed by atoms with van der Waals surface area (Å²) in [6, 6.07) is 13.0. The minimum Gasteiger partial charge on any atom is -0.469 e. The van der Waals surface area contributed by atoms with E-state index in [-0.39, 0.29) is 12.6 Å². The van der Waals surface area contributed by atoms with E-state index < -0.39 is 10.2 Å². The van der Waals surface area contributed by atoms with Gasteiger partial charge in [-0.2, -0.15) is 17.9 Å². The second-order valence-corrected chi connectivity index (χ2v) is 6.48. The van der Waals surface area contributed by atoms with Crippen molar-refractivity contribution in [2.45, 2.75) is 32.4 Å². The summed E-state index contributed by atoms with van der Waals surface area (Å²) in [5, 5.41) is 0. The van der Waals surface area contributed by atoms with Crippen LogP contribution in [-0.2, 0) is 23.2 Å². The second-order valence-electron chi connectivity index (χ2n) is 4.95. The van der Waals surface area contributed by atoms with Crippen LogP contribution in [0.3, 0.4) is 0 Å². The summed E-state index contributed by atoms with van der Waals surface area (Å²) in [6.07, 6.45) is 3.00. The molecule has 0 spiro atoms. The summed E-state index contributed by atoms with van der Waals surface area (Å²) in [4.78, 5) is 0. The van der Waals surface area contributed by atoms with Crippen molar-refractivity contribution in [1.82, 2.24) is 9.44 Å². The zero-order valence-corrected chi connectivity index (χ0v) is 12.8. The van der Waals surface area contributed by atoms with Crippen molar-refractivity contribution in [3.63, 3.8) is 0 Å². The topological polar surface area (TPSA) is 71.3 Å². The maximum absolute atomic E-state index is 11.9. The van der Waals surface area contributed by atoms with Gasteiger partial charge < -0.3 is 4.42 Å². The molecule has 5 nitrogen and oxygen atoms in total. The number of furan rings is 1. The SMILES string of the molecule is C[C@@H](CCc1ccco1)NS(=O)(=O)NCc1ccccc1. The van der Waals surface area contributed by atoms with Crippen molar-refractivity contribution < 1.29 is 12.8 Å². The Balaban J connectivity index is 1.77. The van der Waals surface area contributed by atoms with Gasteiger partial charge in [0.2, 0.25) is 0 Å². The van der Waals surface area contributed by atoms with Crippen LogP contribution in [0.5, 0.6) is 0 Å². The average Bonchev–Trinajstić information content (AvgIpc) is 2.97. The lowest BCUT2D eigenvalue weighted by atomic mass is 10.2. The highest BCUT2D eigenvalue weighted by molar-refractivity contribution is 7.87. The molecule has 2 aromatic rings. The average molecular weight is 308 g/mol. The largest absolute Gasteiger partial charge is 0.469 e. The fraction of sp³-hybridized carbons (Fsp3) is 0.333. The molecule has 0 aliphatic heterocycles. The van der Waals surface area contributed by atoms with Crippen molar-refractivity contribution in [1.29, 1.82) is 0 Å². The Morgan fingerprint density at radius 2 is 1.90 bits per heavy atom. The Bertz CT molecular complexity index is 624. The van der Waals surface area contributed by atoms with E-state index >= 15 is 0 Å². The molecule has 0 aliphatic carbocycles. The first-order chi connectivity index (χ1) is 10.1. The Morgan fingerprint density at radius 1 is 1.14 bits per heavy atom. The standard InChI is InChI=1S/C15H20N2O3S/c1-13(9-10-15-8-5-11-20-15)17-21(18,19)16-12-14-6-3-2-4-7-14/h2-8,11,13,16-17H,9-10,12H2,1H3/t13-/m0/s1. The van der Waals surface area contributed by atoms with Gasteiger partial charge in [-0.3, -0.25) is 0 Å². The molecule has 0 unspecified atom stereocenters. The van der Waals surface area contributed by atoms with E-state index in [0.29, 0.717) is 12.8 Å². The van der Waals surface area contributed by atoms with E-state index in [1.807, 2.05) is 49.4 Å². The van der Waals surface area contributed by atoms with Crippen LogP contribution in [-0.4, -0.2) is 14.5 Å². The number of hydrogen-bond acceptors (Lipinski definition) is 3. The summed E-state index contributed by atoms with van der Waals surface area (Å²) in [7, 11) is -3.50. The van der Waals surface area contributed by atoms with Crippen LogP contribution in [0.4, 0.5) is 0 Å². The van der Waals surface area contributed by atoms with Gasteiger partial charge in [0.05, 0.1) is 6.26 Å². The normalized spacial score (nSPS) is 13.2. The summed E-state index contributed by atoms with van der Waals surface area (Å²) in [6.45, 7) is 2.12. The van der Waals surface area contributed by atoms with Crippen molar-refractivity contribution in [3.05, 3.63) is 60.1 Å². The Labute approximate surface area is 125 Å². The van der Waals surface area contributed by atoms with Crippen molar-refractivity contribution >= 4 is 10.2 Å². The lowest BCUT2D eigenvalue weighted by molar-refractivity contribution is 0.478. The third kappa shape index (κ3) is 5.71. The fourth-order valence-electron chi connectivity index (χ4n) is 1.95. The maximum Gasteiger partial charge on any atom is 0.277 e. The number of rotatable bonds is 8. The number of benzene rings is 1. The van der Waals surface area contributed by atoms with Gasteiger partial charge >= 0.3 is 0 Å². The Morgan fingerprint density at radius 3 is 2.57 bits per heavy atom. The zero-order valence-electron chi connectivity index (χ0n) is 12.0. The molecule has 0 radical (unpaired) electrons. The fourth-order valence-corrected chi connectivity index (χ4v) is 3.04. The summed E-state index contributed by atoms with van der Waals surface area (Å²) < 4.78 is 34.2. The van der Waals surface area contributed by atoms with Crippen LogP contribution in [0.15, 0.2) is 53.1 Å². The summed E-state index contributed by atoms with van der Waals surface area (Å²) in [5.41, 5.74) is 0.922. The molecule has 0 saturated carbocycles. The van der Waals surface area contributed by atoms with Gasteiger partial charge in [0, 0.05) is 19.0 Å². The molecule has 6 heteroatoms. The van der Waals surface area contributed by atoms with Crippen LogP contribution >= 0.6 is 0 Å². The van der Waals surface area contributed by atoms with E-state index in [4.69, 9.17) is 4.42 Å². The Hall–Kier alpha value is -1.63. The van der Waals surface area contributed by atoms with Gasteiger partial charge in [-0.05, 0) is 31.0 Å². The molecular formula is C15H20N2O3S. The molecule has 114 valence electrons. The lowest BCUT2D eigenvalue weighted by Crippen LogP contribution is -2.41. The number of hydrogen-bond donors (Lipinski definition) is 2. The highest BCUT2D eigenvalue weighted by Gasteiger charge is 2.14. The van der Waals surface area contributed by atoms with Crippen LogP contribution in [0.2, 0.25) is 0 Å². The molecule has 0 amide bonds. The third-order valence-electron chi connectivity index (χ3n) is 3.07. The van der Waals surface area contributed by atoms with Crippen LogP contribution in [0, 0.1) is 0 Å². The lowest BCUT2D eigenvalue weighted by Gasteiger charge is -2.14. The van der Waals surface area contributed by atoms with Gasteiger partial charge in [-0.15, -0.1) is 0 Å². The van der Waals surface area contributed by atoms with Gasteiger partial charge in [0.15, 0.2) is 0 Å². The molecule has 1 aromatic carbocycles. The summed E-state index contributed by atoms with van der Waals surface area (Å²) in [5.74, 6) is 0.860. The zero-order chi connectivity index (χ0) is 15.1. The molecule has 0 fully saturated rings. The minimum absolute atomic E-state index is 0.164. The van der Waals surface area contributed by atoms with Gasteiger partial charge in [0.1, 0.15) is 5.76 Å². The van der Waals surface area contributed by atoms with E-state index in [9.17, 15) is 8.42 Å². The molecule has 1 aromatic heterocycles. The number of aryl methyl sites for hydroxylation is 1. The first kappa shape index (κ1) is 15.8. The smallest absolute Gasteiger partial charge is 0.277 e. The van der Waals surface area contributed by atoms with E-state index in [2.05, 4.69) is 9.44 Å². The Kier molecular flexibility index (Phi) is 5.55. The molecule has 0 saturated heterocycles. The van der Waals surface area contributed by atoms with Gasteiger partial charge in [0.25, 0.3) is 10.2 Å². The van der Waals surface area contributed by atoms with Crippen molar-refractivity contribution in [3.8, 4) is 0 Å². The van der Waals surface area contributed by atoms with E-state index in [1.165, 1.54) is 0 Å². The molecular weight excluding hydrogens is 288 g/mol. The second kappa shape index (κ2) is 7.40. The van der Waals surface area contributed by atoms with Crippen LogP contribution in [0.25, 0.3) is 0 Å². The van der Waals surface area contributed by atoms with Crippen molar-refractivity contribution in [2.24, 2.45) is 0 Å². The third-order valence-corrected chi connectivity index (χ3v) is 4.31. The minimum atomic E-state index is -3.50. The molecule has 0 bridgehead atoms. The van der Waals surface area contributed by atoms with Crippen LogP contribution in [0.1, 0.15) is 24.7 Å². The molecule has 1 atom stereocenters. The first-order valence-corrected chi connectivity index (χ1v) is 8.37. The molecule has 1 heterocycles. The molecule has 0 aliphatic rings. The molecule has 2 rings (SSSR count). The van der Waals surface area contributed by atoms with E-state index in [0.717, 1.165) is 11.3 Å². The summed E-state index contributed by atoms with van der Waals surface area (Å²) >= 11 is 0. The molecule has 2 N–H and O–H groups in total. The first-order valence-electron chi connectivity index (χ1n) is 6.88. The van der Waals surface area contributed by atoms with Crippen molar-refractivity contribution in [2.75, 3.05) is 0 Å². The van der Waals surface area contributed by atoms with Crippen LogP contribution < -0.4 is 9.44 Å². The maximum atomic E-state index is 11.9. The monoisotopic (exact) mass is 308 g/mol. The highest BCUT2D eigenvalue weighted by Crippen LogP contribution is 2.06. The van der Waals surface area contributed by atoms with Gasteiger partial charge in [-0.1, -0.05) is 30.3 Å². The van der Waals surface area contributed by atoms with Gasteiger partial charge in [-0.25, -0.2) is 0 Å². The quantitative estimate of drug-likeness (QED) is 0.785. The molecule has 21 heavy (non-hydrogen) atoms. The predicted octanol–water partition coefficient (Wildman–Crippen LogP) is 2.22. The predicted molar refractivity (Wildman–Crippen MR) is 81.8 cm³/mol. The van der Waals surface area contributed by atoms with E-state index in [1.54, 1.807) is 6.26 Å². The highest BCUT2D eigenvalue weighted by atomic mass is 32.2.